The average Bonchev–Trinajstić information content (AvgIpc) is 2.36. The Morgan fingerprint density at radius 3 is 2.78 bits per heavy atom. The minimum atomic E-state index is 0.347. The number of hydrogen-bond acceptors (Lipinski definition) is 3. The number of hydrogen-bond donors (Lipinski definition) is 2. The topological polar surface area (TPSA) is 35.5 Å². The molecule has 1 unspecified atom stereocenters. The second-order valence-corrected chi connectivity index (χ2v) is 6.02. The van der Waals surface area contributed by atoms with Gasteiger partial charge in [-0.15, -0.1) is 0 Å². The summed E-state index contributed by atoms with van der Waals surface area (Å²) in [7, 11) is 0. The van der Waals surface area contributed by atoms with Crippen molar-refractivity contribution in [2.45, 2.75) is 58.4 Å². The molecule has 0 amide bonds. The third-order valence-electron chi connectivity index (χ3n) is 3.79. The molecule has 0 aromatic heterocycles. The van der Waals surface area contributed by atoms with Crippen LogP contribution in [0.3, 0.4) is 0 Å². The molecule has 0 bridgehead atoms. The Morgan fingerprint density at radius 2 is 2.06 bits per heavy atom. The van der Waals surface area contributed by atoms with E-state index in [2.05, 4.69) is 24.1 Å². The van der Waals surface area contributed by atoms with E-state index < -0.39 is 0 Å². The van der Waals surface area contributed by atoms with E-state index in [1.54, 1.807) is 0 Å². The quantitative estimate of drug-likeness (QED) is 0.621. The zero-order valence-corrected chi connectivity index (χ0v) is 12.3. The fourth-order valence-corrected chi connectivity index (χ4v) is 2.73. The van der Waals surface area contributed by atoms with E-state index in [1.165, 1.54) is 45.2 Å². The van der Waals surface area contributed by atoms with Crippen LogP contribution in [0.15, 0.2) is 0 Å². The van der Waals surface area contributed by atoms with Gasteiger partial charge in [-0.25, -0.2) is 0 Å². The molecule has 0 saturated carbocycles. The molecule has 1 atom stereocenters. The maximum Gasteiger partial charge on any atom is 0.0431 e. The number of aliphatic hydroxyl groups excluding tert-OH is 1. The van der Waals surface area contributed by atoms with Crippen molar-refractivity contribution in [3.05, 3.63) is 0 Å². The maximum absolute atomic E-state index is 8.80. The lowest BCUT2D eigenvalue weighted by Crippen LogP contribution is -2.46. The molecule has 0 aromatic carbocycles. The maximum atomic E-state index is 8.80. The van der Waals surface area contributed by atoms with Gasteiger partial charge in [0.25, 0.3) is 0 Å². The second-order valence-electron chi connectivity index (χ2n) is 6.02. The van der Waals surface area contributed by atoms with E-state index in [0.717, 1.165) is 31.5 Å². The Hall–Kier alpha value is -0.120. The summed E-state index contributed by atoms with van der Waals surface area (Å²) in [5.74, 6) is 0.742. The van der Waals surface area contributed by atoms with Crippen LogP contribution in [0.1, 0.15) is 52.4 Å². The fraction of sp³-hybridized carbons (Fsp3) is 1.00. The highest BCUT2D eigenvalue weighted by atomic mass is 16.2. The first kappa shape index (κ1) is 15.9. The number of aliphatic hydroxyl groups is 1. The van der Waals surface area contributed by atoms with E-state index in [1.807, 2.05) is 0 Å². The highest BCUT2D eigenvalue weighted by Crippen LogP contribution is 2.17. The van der Waals surface area contributed by atoms with Gasteiger partial charge in [0.15, 0.2) is 0 Å². The van der Waals surface area contributed by atoms with Crippen LogP contribution in [-0.2, 0) is 0 Å². The van der Waals surface area contributed by atoms with Crippen molar-refractivity contribution in [3.8, 4) is 0 Å². The SMILES string of the molecule is CC(C)CNCC1CCCCN1CCCCCO. The predicted octanol–water partition coefficient (Wildman–Crippen LogP) is 2.25. The average molecular weight is 256 g/mol. The van der Waals surface area contributed by atoms with Gasteiger partial charge in [-0.3, -0.25) is 4.90 Å². The third kappa shape index (κ3) is 6.72. The van der Waals surface area contributed by atoms with Gasteiger partial charge in [0.2, 0.25) is 0 Å². The predicted molar refractivity (Wildman–Crippen MR) is 77.9 cm³/mol. The molecule has 3 heteroatoms. The van der Waals surface area contributed by atoms with Crippen molar-refractivity contribution in [2.24, 2.45) is 5.92 Å². The number of unbranched alkanes of at least 4 members (excludes halogenated alkanes) is 2. The van der Waals surface area contributed by atoms with Gasteiger partial charge >= 0.3 is 0 Å². The van der Waals surface area contributed by atoms with Crippen LogP contribution in [-0.4, -0.2) is 48.8 Å². The largest absolute Gasteiger partial charge is 0.396 e. The molecule has 0 radical (unpaired) electrons. The lowest BCUT2D eigenvalue weighted by molar-refractivity contribution is 0.141. The molecule has 1 rings (SSSR count). The Kier molecular flexibility index (Phi) is 8.64. The summed E-state index contributed by atoms with van der Waals surface area (Å²) >= 11 is 0. The first-order valence-corrected chi connectivity index (χ1v) is 7.79. The zero-order chi connectivity index (χ0) is 13.2. The Morgan fingerprint density at radius 1 is 1.22 bits per heavy atom. The molecular formula is C15H32N2O. The number of rotatable bonds is 9. The van der Waals surface area contributed by atoms with E-state index in [-0.39, 0.29) is 0 Å². The van der Waals surface area contributed by atoms with E-state index in [9.17, 15) is 0 Å². The second kappa shape index (κ2) is 9.76. The summed E-state index contributed by atoms with van der Waals surface area (Å²) in [4.78, 5) is 2.66. The van der Waals surface area contributed by atoms with Gasteiger partial charge in [-0.05, 0) is 57.7 Å². The van der Waals surface area contributed by atoms with Crippen LogP contribution < -0.4 is 5.32 Å². The van der Waals surface area contributed by atoms with Gasteiger partial charge in [0.1, 0.15) is 0 Å². The van der Waals surface area contributed by atoms with Crippen LogP contribution in [0, 0.1) is 5.92 Å². The van der Waals surface area contributed by atoms with Crippen molar-refractivity contribution >= 4 is 0 Å². The molecule has 2 N–H and O–H groups in total. The monoisotopic (exact) mass is 256 g/mol. The standard InChI is InChI=1S/C15H32N2O/c1-14(2)12-16-13-15-8-4-6-10-17(15)9-5-3-7-11-18/h14-16,18H,3-13H2,1-2H3. The van der Waals surface area contributed by atoms with Crippen LogP contribution in [0.2, 0.25) is 0 Å². The summed E-state index contributed by atoms with van der Waals surface area (Å²) in [6.45, 7) is 9.65. The summed E-state index contributed by atoms with van der Waals surface area (Å²) in [6, 6.07) is 0.742. The molecule has 1 saturated heterocycles. The Labute approximate surface area is 113 Å². The molecule has 1 heterocycles. The third-order valence-corrected chi connectivity index (χ3v) is 3.79. The van der Waals surface area contributed by atoms with Crippen molar-refractivity contribution in [1.29, 1.82) is 0 Å². The minimum Gasteiger partial charge on any atom is -0.396 e. The molecule has 1 aliphatic rings. The molecule has 18 heavy (non-hydrogen) atoms. The van der Waals surface area contributed by atoms with Gasteiger partial charge in [0.05, 0.1) is 0 Å². The van der Waals surface area contributed by atoms with Gasteiger partial charge in [-0.1, -0.05) is 20.3 Å². The highest BCUT2D eigenvalue weighted by molar-refractivity contribution is 4.78. The summed E-state index contributed by atoms with van der Waals surface area (Å²) in [5, 5.41) is 12.4. The van der Waals surface area contributed by atoms with Crippen LogP contribution in [0.25, 0.3) is 0 Å². The molecule has 3 nitrogen and oxygen atoms in total. The fourth-order valence-electron chi connectivity index (χ4n) is 2.73. The van der Waals surface area contributed by atoms with E-state index >= 15 is 0 Å². The number of nitrogens with one attached hydrogen (secondary N) is 1. The molecule has 0 aromatic rings. The molecule has 0 aliphatic carbocycles. The van der Waals surface area contributed by atoms with Gasteiger partial charge < -0.3 is 10.4 Å². The molecule has 0 spiro atoms. The van der Waals surface area contributed by atoms with E-state index in [4.69, 9.17) is 5.11 Å². The number of likely N-dealkylation sites (tertiary alicyclic amines) is 1. The normalized spacial score (nSPS) is 21.7. The Balaban J connectivity index is 2.19. The first-order chi connectivity index (χ1) is 8.74. The number of piperidine rings is 1. The molecular weight excluding hydrogens is 224 g/mol. The molecule has 1 aliphatic heterocycles. The van der Waals surface area contributed by atoms with Crippen molar-refractivity contribution in [3.63, 3.8) is 0 Å². The van der Waals surface area contributed by atoms with E-state index in [0.29, 0.717) is 6.61 Å². The van der Waals surface area contributed by atoms with Crippen LogP contribution in [0.4, 0.5) is 0 Å². The first-order valence-electron chi connectivity index (χ1n) is 7.79. The minimum absolute atomic E-state index is 0.347. The highest BCUT2D eigenvalue weighted by Gasteiger charge is 2.21. The lowest BCUT2D eigenvalue weighted by atomic mass is 10.0. The van der Waals surface area contributed by atoms with Crippen LogP contribution >= 0.6 is 0 Å². The molecule has 108 valence electrons. The summed E-state index contributed by atoms with van der Waals surface area (Å²) in [6.07, 6.45) is 7.47. The van der Waals surface area contributed by atoms with Crippen LogP contribution in [0.5, 0.6) is 0 Å². The summed E-state index contributed by atoms with van der Waals surface area (Å²) < 4.78 is 0. The van der Waals surface area contributed by atoms with Crippen molar-refractivity contribution < 1.29 is 5.11 Å². The smallest absolute Gasteiger partial charge is 0.0431 e. The van der Waals surface area contributed by atoms with Gasteiger partial charge in [-0.2, -0.15) is 0 Å². The lowest BCUT2D eigenvalue weighted by Gasteiger charge is -2.36. The Bertz CT molecular complexity index is 197. The number of nitrogens with zero attached hydrogens (tertiary/aromatic N) is 1. The van der Waals surface area contributed by atoms with Crippen molar-refractivity contribution in [2.75, 3.05) is 32.8 Å². The van der Waals surface area contributed by atoms with Crippen molar-refractivity contribution in [1.82, 2.24) is 10.2 Å². The zero-order valence-electron chi connectivity index (χ0n) is 12.3. The summed E-state index contributed by atoms with van der Waals surface area (Å²) in [5.41, 5.74) is 0. The molecule has 1 fully saturated rings. The van der Waals surface area contributed by atoms with Gasteiger partial charge in [0, 0.05) is 19.2 Å².